The third-order valence-electron chi connectivity index (χ3n) is 14.5. The van der Waals surface area contributed by atoms with Gasteiger partial charge >= 0.3 is 5.97 Å². The van der Waals surface area contributed by atoms with Crippen molar-refractivity contribution in [2.75, 3.05) is 0 Å². The number of fused-ring (bicyclic) bond motifs is 7. The van der Waals surface area contributed by atoms with Crippen LogP contribution in [0.3, 0.4) is 0 Å². The summed E-state index contributed by atoms with van der Waals surface area (Å²) in [7, 11) is 0. The lowest BCUT2D eigenvalue weighted by Crippen LogP contribution is -2.72. The van der Waals surface area contributed by atoms with E-state index in [1.165, 1.54) is 6.42 Å². The first kappa shape index (κ1) is 27.9. The summed E-state index contributed by atoms with van der Waals surface area (Å²) < 4.78 is 6.96. The fourth-order valence-electron chi connectivity index (χ4n) is 12.1. The third kappa shape index (κ3) is 3.49. The van der Waals surface area contributed by atoms with Crippen molar-refractivity contribution < 1.29 is 19.7 Å². The molecule has 4 nitrogen and oxygen atoms in total. The largest absolute Gasteiger partial charge is 0.481 e. The Morgan fingerprint density at radius 2 is 1.57 bits per heavy atom. The zero-order valence-electron chi connectivity index (χ0n) is 25.3. The first-order valence-corrected chi connectivity index (χ1v) is 15.6. The third-order valence-corrected chi connectivity index (χ3v) is 14.5. The molecule has 0 spiro atoms. The molecule has 0 bridgehead atoms. The Hall–Kier alpha value is -0.610. The van der Waals surface area contributed by atoms with Crippen LogP contribution in [0.2, 0.25) is 0 Å². The molecule has 12 unspecified atom stereocenters. The molecule has 0 aromatic heterocycles. The molecule has 0 saturated heterocycles. The molecule has 0 radical (unpaired) electrons. The van der Waals surface area contributed by atoms with E-state index in [9.17, 15) is 15.0 Å². The SMILES string of the molecule is CC(C)OC1CC2C(C)(C)C(O)CCC2(C)C2CCC3C4C(C)C(C)CCC4(C(=O)O)CCC3(C)C12C. The highest BCUT2D eigenvalue weighted by Gasteiger charge is 2.74. The number of ether oxygens (including phenoxy) is 1. The Kier molecular flexibility index (Phi) is 6.56. The second-order valence-electron chi connectivity index (χ2n) is 16.1. The molecule has 5 aliphatic rings. The second kappa shape index (κ2) is 8.69. The number of hydrogen-bond donors (Lipinski definition) is 2. The van der Waals surface area contributed by atoms with Crippen molar-refractivity contribution in [3.63, 3.8) is 0 Å². The van der Waals surface area contributed by atoms with Crippen LogP contribution in [0.5, 0.6) is 0 Å². The van der Waals surface area contributed by atoms with Crippen LogP contribution >= 0.6 is 0 Å². The van der Waals surface area contributed by atoms with E-state index in [1.807, 2.05) is 0 Å². The molecule has 0 heterocycles. The van der Waals surface area contributed by atoms with Crippen molar-refractivity contribution in [3.05, 3.63) is 0 Å². The zero-order chi connectivity index (χ0) is 27.3. The quantitative estimate of drug-likeness (QED) is 0.406. The Bertz CT molecular complexity index is 912. The van der Waals surface area contributed by atoms with Gasteiger partial charge in [0.1, 0.15) is 0 Å². The highest BCUT2D eigenvalue weighted by atomic mass is 16.5. The van der Waals surface area contributed by atoms with E-state index in [1.54, 1.807) is 0 Å². The maximum atomic E-state index is 13.0. The predicted octanol–water partition coefficient (Wildman–Crippen LogP) is 7.57. The molecule has 0 amide bonds. The van der Waals surface area contributed by atoms with Crippen LogP contribution in [0.15, 0.2) is 0 Å². The molecular formula is C33H56O4. The number of aliphatic hydroxyl groups is 1. The van der Waals surface area contributed by atoms with Crippen LogP contribution in [0.25, 0.3) is 0 Å². The number of hydrogen-bond acceptors (Lipinski definition) is 3. The van der Waals surface area contributed by atoms with Gasteiger partial charge in [0.25, 0.3) is 0 Å². The van der Waals surface area contributed by atoms with E-state index in [2.05, 4.69) is 62.3 Å². The van der Waals surface area contributed by atoms with Crippen molar-refractivity contribution >= 4 is 5.97 Å². The van der Waals surface area contributed by atoms with Gasteiger partial charge in [-0.1, -0.05) is 48.5 Å². The maximum Gasteiger partial charge on any atom is 0.309 e. The maximum absolute atomic E-state index is 13.0. The van der Waals surface area contributed by atoms with E-state index in [0.717, 1.165) is 51.4 Å². The summed E-state index contributed by atoms with van der Waals surface area (Å²) in [4.78, 5) is 13.0. The van der Waals surface area contributed by atoms with Crippen LogP contribution in [0, 0.1) is 62.6 Å². The first-order valence-electron chi connectivity index (χ1n) is 15.6. The lowest BCUT2D eigenvalue weighted by molar-refractivity contribution is -0.301. The van der Waals surface area contributed by atoms with Gasteiger partial charge in [0.2, 0.25) is 0 Å². The minimum absolute atomic E-state index is 0.00508. The van der Waals surface area contributed by atoms with Gasteiger partial charge in [0, 0.05) is 5.41 Å². The van der Waals surface area contributed by atoms with E-state index < -0.39 is 11.4 Å². The van der Waals surface area contributed by atoms with Gasteiger partial charge in [-0.25, -0.2) is 0 Å². The molecule has 0 aromatic carbocycles. The molecule has 5 saturated carbocycles. The molecule has 4 heteroatoms. The minimum atomic E-state index is -0.550. The molecular weight excluding hydrogens is 460 g/mol. The summed E-state index contributed by atoms with van der Waals surface area (Å²) in [6, 6.07) is 0. The van der Waals surface area contributed by atoms with E-state index in [-0.39, 0.29) is 45.9 Å². The van der Waals surface area contributed by atoms with Crippen molar-refractivity contribution in [2.24, 2.45) is 62.6 Å². The molecule has 5 rings (SSSR count). The number of carboxylic acids is 1. The van der Waals surface area contributed by atoms with Crippen LogP contribution < -0.4 is 0 Å². The Morgan fingerprint density at radius 1 is 0.892 bits per heavy atom. The summed E-state index contributed by atoms with van der Waals surface area (Å²) in [5, 5.41) is 21.8. The lowest BCUT2D eigenvalue weighted by Gasteiger charge is -2.75. The number of carbonyl (C=O) groups is 1. The average Bonchev–Trinajstić information content (AvgIpc) is 2.81. The molecule has 212 valence electrons. The molecule has 37 heavy (non-hydrogen) atoms. The minimum Gasteiger partial charge on any atom is -0.481 e. The van der Waals surface area contributed by atoms with Crippen molar-refractivity contribution in [3.8, 4) is 0 Å². The van der Waals surface area contributed by atoms with Gasteiger partial charge in [-0.3, -0.25) is 4.79 Å². The van der Waals surface area contributed by atoms with Crippen LogP contribution in [0.4, 0.5) is 0 Å². The topological polar surface area (TPSA) is 66.8 Å². The van der Waals surface area contributed by atoms with Crippen LogP contribution in [-0.2, 0) is 9.53 Å². The second-order valence-corrected chi connectivity index (χ2v) is 16.1. The average molecular weight is 517 g/mol. The van der Waals surface area contributed by atoms with Crippen molar-refractivity contribution in [1.29, 1.82) is 0 Å². The van der Waals surface area contributed by atoms with Gasteiger partial charge in [0.15, 0.2) is 0 Å². The summed E-state index contributed by atoms with van der Waals surface area (Å²) >= 11 is 0. The molecule has 5 fully saturated rings. The smallest absolute Gasteiger partial charge is 0.309 e. The molecule has 0 aliphatic heterocycles. The number of aliphatic hydroxyl groups excluding tert-OH is 1. The van der Waals surface area contributed by atoms with Crippen LogP contribution in [0.1, 0.15) is 120 Å². The van der Waals surface area contributed by atoms with Gasteiger partial charge in [-0.15, -0.1) is 0 Å². The highest BCUT2D eigenvalue weighted by Crippen LogP contribution is 2.77. The van der Waals surface area contributed by atoms with Crippen molar-refractivity contribution in [1.82, 2.24) is 0 Å². The fraction of sp³-hybridized carbons (Fsp3) is 0.970. The van der Waals surface area contributed by atoms with Gasteiger partial charge < -0.3 is 14.9 Å². The van der Waals surface area contributed by atoms with Crippen LogP contribution in [-0.4, -0.2) is 34.5 Å². The lowest BCUT2D eigenvalue weighted by atomic mass is 9.30. The number of rotatable bonds is 3. The Morgan fingerprint density at radius 3 is 2.19 bits per heavy atom. The predicted molar refractivity (Wildman–Crippen MR) is 148 cm³/mol. The summed E-state index contributed by atoms with van der Waals surface area (Å²) in [5.41, 5.74) is -0.447. The van der Waals surface area contributed by atoms with Gasteiger partial charge in [0.05, 0.1) is 23.7 Å². The zero-order valence-corrected chi connectivity index (χ0v) is 25.3. The molecule has 12 atom stereocenters. The van der Waals surface area contributed by atoms with E-state index in [4.69, 9.17) is 4.74 Å². The standard InChI is InChI=1S/C33H56O4/c1-19(2)37-26-18-24-29(5,6)25(34)13-14-30(24,7)23-11-10-22-27-21(4)20(3)12-15-33(27,28(35)36)17-16-31(22,8)32(23,26)9/h19-27,34H,10-18H2,1-9H3,(H,35,36). The Balaban J connectivity index is 1.64. The van der Waals surface area contributed by atoms with E-state index >= 15 is 0 Å². The van der Waals surface area contributed by atoms with Gasteiger partial charge in [-0.05, 0) is 123 Å². The first-order chi connectivity index (χ1) is 17.1. The Labute approximate surface area is 226 Å². The molecule has 5 aliphatic carbocycles. The monoisotopic (exact) mass is 516 g/mol. The van der Waals surface area contributed by atoms with Gasteiger partial charge in [-0.2, -0.15) is 0 Å². The number of aliphatic carboxylic acids is 1. The number of carboxylic acid groups (broad SMARTS) is 1. The molecule has 0 aromatic rings. The fourth-order valence-corrected chi connectivity index (χ4v) is 12.1. The highest BCUT2D eigenvalue weighted by molar-refractivity contribution is 5.75. The summed E-state index contributed by atoms with van der Waals surface area (Å²) in [5.74, 6) is 2.14. The normalized spacial score (nSPS) is 55.0. The summed E-state index contributed by atoms with van der Waals surface area (Å²) in [6.07, 6.45) is 9.06. The van der Waals surface area contributed by atoms with Crippen molar-refractivity contribution in [2.45, 2.75) is 138 Å². The van der Waals surface area contributed by atoms with E-state index in [0.29, 0.717) is 29.6 Å². The summed E-state index contributed by atoms with van der Waals surface area (Å²) in [6.45, 7) is 21.4. The molecule has 2 N–H and O–H groups in total.